The van der Waals surface area contributed by atoms with Gasteiger partial charge in [-0.3, -0.25) is 0 Å². The van der Waals surface area contributed by atoms with Crippen molar-refractivity contribution in [3.05, 3.63) is 45.7 Å². The lowest BCUT2D eigenvalue weighted by Crippen LogP contribution is -1.98. The van der Waals surface area contributed by atoms with Gasteiger partial charge in [-0.15, -0.1) is 0 Å². The van der Waals surface area contributed by atoms with Crippen LogP contribution >= 0.6 is 23.2 Å². The Hall–Kier alpha value is -1.64. The zero-order valence-electron chi connectivity index (χ0n) is 8.74. The van der Waals surface area contributed by atoms with E-state index in [2.05, 4.69) is 5.10 Å². The Morgan fingerprint density at radius 2 is 1.94 bits per heavy atom. The summed E-state index contributed by atoms with van der Waals surface area (Å²) in [5.74, 6) is 0. The summed E-state index contributed by atoms with van der Waals surface area (Å²) in [5.41, 5.74) is -0.651. The van der Waals surface area contributed by atoms with Crippen LogP contribution in [0.3, 0.4) is 0 Å². The molecule has 92 valence electrons. The lowest BCUT2D eigenvalue weighted by atomic mass is 10.3. The van der Waals surface area contributed by atoms with Crippen molar-refractivity contribution in [3.8, 4) is 11.8 Å². The van der Waals surface area contributed by atoms with E-state index in [4.69, 9.17) is 28.5 Å². The van der Waals surface area contributed by atoms with Crippen molar-refractivity contribution in [2.24, 2.45) is 0 Å². The monoisotopic (exact) mass is 287 g/mol. The number of para-hydroxylation sites is 1. The van der Waals surface area contributed by atoms with Crippen LogP contribution in [0.2, 0.25) is 10.2 Å². The molecule has 0 aliphatic heterocycles. The molecule has 0 aliphatic carbocycles. The highest BCUT2D eigenvalue weighted by Gasteiger charge is 2.24. The SMILES string of the molecule is N#Cc1c(C(F)F)nn(-c2ccccc2Cl)c1Cl. The van der Waals surface area contributed by atoms with E-state index in [0.717, 1.165) is 4.68 Å². The van der Waals surface area contributed by atoms with Crippen LogP contribution in [0.25, 0.3) is 5.69 Å². The number of rotatable bonds is 2. The number of benzene rings is 1. The maximum atomic E-state index is 12.7. The number of hydrogen-bond donors (Lipinski definition) is 0. The van der Waals surface area contributed by atoms with Crippen LogP contribution in [-0.2, 0) is 0 Å². The van der Waals surface area contributed by atoms with Crippen molar-refractivity contribution in [1.82, 2.24) is 9.78 Å². The van der Waals surface area contributed by atoms with Crippen LogP contribution in [0.1, 0.15) is 17.7 Å². The van der Waals surface area contributed by atoms with Gasteiger partial charge in [-0.05, 0) is 12.1 Å². The van der Waals surface area contributed by atoms with Crippen molar-refractivity contribution in [1.29, 1.82) is 5.26 Å². The van der Waals surface area contributed by atoms with Gasteiger partial charge < -0.3 is 0 Å². The topological polar surface area (TPSA) is 41.6 Å². The van der Waals surface area contributed by atoms with Gasteiger partial charge in [0, 0.05) is 0 Å². The molecule has 18 heavy (non-hydrogen) atoms. The molecule has 3 nitrogen and oxygen atoms in total. The first-order valence-electron chi connectivity index (χ1n) is 4.77. The molecule has 1 aromatic carbocycles. The molecule has 2 aromatic rings. The van der Waals surface area contributed by atoms with E-state index in [-0.39, 0.29) is 10.7 Å². The third-order valence-corrected chi connectivity index (χ3v) is 2.92. The molecule has 0 amide bonds. The minimum Gasteiger partial charge on any atom is -0.219 e. The van der Waals surface area contributed by atoms with Crippen LogP contribution in [0.15, 0.2) is 24.3 Å². The van der Waals surface area contributed by atoms with Crippen molar-refractivity contribution in [2.45, 2.75) is 6.43 Å². The largest absolute Gasteiger partial charge is 0.283 e. The number of aromatic nitrogens is 2. The highest BCUT2D eigenvalue weighted by atomic mass is 35.5. The van der Waals surface area contributed by atoms with Crippen molar-refractivity contribution in [2.75, 3.05) is 0 Å². The summed E-state index contributed by atoms with van der Waals surface area (Å²) >= 11 is 11.8. The third kappa shape index (κ3) is 2.05. The Kier molecular flexibility index (Phi) is 3.50. The van der Waals surface area contributed by atoms with Gasteiger partial charge in [-0.1, -0.05) is 35.3 Å². The molecule has 0 bridgehead atoms. The van der Waals surface area contributed by atoms with Gasteiger partial charge >= 0.3 is 0 Å². The number of alkyl halides is 2. The van der Waals surface area contributed by atoms with Crippen LogP contribution in [0.4, 0.5) is 8.78 Å². The third-order valence-electron chi connectivity index (χ3n) is 2.26. The molecule has 1 aromatic heterocycles. The highest BCUT2D eigenvalue weighted by molar-refractivity contribution is 6.33. The fourth-order valence-electron chi connectivity index (χ4n) is 1.45. The van der Waals surface area contributed by atoms with E-state index in [1.165, 1.54) is 0 Å². The molecular formula is C11H5Cl2F2N3. The van der Waals surface area contributed by atoms with Crippen LogP contribution < -0.4 is 0 Å². The number of nitriles is 1. The molecule has 0 spiro atoms. The molecule has 0 aliphatic rings. The molecule has 0 atom stereocenters. The molecule has 2 rings (SSSR count). The summed E-state index contributed by atoms with van der Waals surface area (Å²) in [6.45, 7) is 0. The Morgan fingerprint density at radius 3 is 2.44 bits per heavy atom. The summed E-state index contributed by atoms with van der Waals surface area (Å²) in [6.07, 6.45) is -2.87. The van der Waals surface area contributed by atoms with E-state index >= 15 is 0 Å². The number of halogens is 4. The minimum absolute atomic E-state index is 0.180. The van der Waals surface area contributed by atoms with Crippen LogP contribution in [0.5, 0.6) is 0 Å². The van der Waals surface area contributed by atoms with E-state index < -0.39 is 12.1 Å². The van der Waals surface area contributed by atoms with Crippen LogP contribution in [0, 0.1) is 11.3 Å². The smallest absolute Gasteiger partial charge is 0.219 e. The first kappa shape index (κ1) is 12.8. The summed E-state index contributed by atoms with van der Waals surface area (Å²) in [7, 11) is 0. The number of hydrogen-bond acceptors (Lipinski definition) is 2. The van der Waals surface area contributed by atoms with E-state index in [9.17, 15) is 8.78 Å². The standard InChI is InChI=1S/C11H5Cl2F2N3/c12-7-3-1-2-4-8(7)18-10(13)6(5-16)9(17-18)11(14)15/h1-4,11H. The van der Waals surface area contributed by atoms with Crippen molar-refractivity contribution < 1.29 is 8.78 Å². The molecule has 0 saturated carbocycles. The zero-order chi connectivity index (χ0) is 13.3. The summed E-state index contributed by atoms with van der Waals surface area (Å²) in [6, 6.07) is 8.10. The lowest BCUT2D eigenvalue weighted by Gasteiger charge is -2.04. The first-order chi connectivity index (χ1) is 8.56. The first-order valence-corrected chi connectivity index (χ1v) is 5.53. The van der Waals surface area contributed by atoms with Gasteiger partial charge in [0.2, 0.25) is 0 Å². The summed E-state index contributed by atoms with van der Waals surface area (Å²) in [4.78, 5) is 0. The Labute approximate surface area is 111 Å². The predicted octanol–water partition coefficient (Wildman–Crippen LogP) is 3.99. The quantitative estimate of drug-likeness (QED) is 0.838. The molecule has 1 heterocycles. The molecule has 0 radical (unpaired) electrons. The molecule has 0 saturated heterocycles. The summed E-state index contributed by atoms with van der Waals surface area (Å²) in [5, 5.41) is 12.6. The second-order valence-corrected chi connectivity index (χ2v) is 4.09. The Bertz CT molecular complexity index is 632. The van der Waals surface area contributed by atoms with Crippen molar-refractivity contribution in [3.63, 3.8) is 0 Å². The van der Waals surface area contributed by atoms with Gasteiger partial charge in [0.1, 0.15) is 17.3 Å². The van der Waals surface area contributed by atoms with E-state index in [0.29, 0.717) is 10.7 Å². The lowest BCUT2D eigenvalue weighted by molar-refractivity contribution is 0.145. The maximum Gasteiger partial charge on any atom is 0.283 e. The van der Waals surface area contributed by atoms with Crippen LogP contribution in [-0.4, -0.2) is 9.78 Å². The van der Waals surface area contributed by atoms with E-state index in [1.54, 1.807) is 30.3 Å². The van der Waals surface area contributed by atoms with Gasteiger partial charge in [0.25, 0.3) is 6.43 Å². The number of nitrogens with zero attached hydrogens (tertiary/aromatic N) is 3. The van der Waals surface area contributed by atoms with Gasteiger partial charge in [-0.2, -0.15) is 10.4 Å². The van der Waals surface area contributed by atoms with Crippen molar-refractivity contribution >= 4 is 23.2 Å². The average Bonchev–Trinajstić information content (AvgIpc) is 2.67. The highest BCUT2D eigenvalue weighted by Crippen LogP contribution is 2.31. The fraction of sp³-hybridized carbons (Fsp3) is 0.0909. The molecule has 0 fully saturated rings. The normalized spacial score (nSPS) is 10.7. The average molecular weight is 288 g/mol. The zero-order valence-corrected chi connectivity index (χ0v) is 10.3. The molecule has 0 N–H and O–H groups in total. The second kappa shape index (κ2) is 4.92. The van der Waals surface area contributed by atoms with E-state index in [1.807, 2.05) is 0 Å². The van der Waals surface area contributed by atoms with Gasteiger partial charge in [0.15, 0.2) is 5.15 Å². The Morgan fingerprint density at radius 1 is 1.28 bits per heavy atom. The maximum absolute atomic E-state index is 12.7. The van der Waals surface area contributed by atoms with Gasteiger partial charge in [0.05, 0.1) is 10.7 Å². The molecule has 0 unspecified atom stereocenters. The fourth-order valence-corrected chi connectivity index (χ4v) is 1.94. The molecular weight excluding hydrogens is 283 g/mol. The predicted molar refractivity (Wildman–Crippen MR) is 63.3 cm³/mol. The van der Waals surface area contributed by atoms with Gasteiger partial charge in [-0.25, -0.2) is 13.5 Å². The molecule has 7 heteroatoms. The second-order valence-electron chi connectivity index (χ2n) is 3.33. The Balaban J connectivity index is 2.68. The summed E-state index contributed by atoms with van der Waals surface area (Å²) < 4.78 is 26.4. The minimum atomic E-state index is -2.87.